The summed E-state index contributed by atoms with van der Waals surface area (Å²) in [7, 11) is 0. The van der Waals surface area contributed by atoms with Gasteiger partial charge in [-0.25, -0.2) is 9.97 Å². The zero-order valence-corrected chi connectivity index (χ0v) is 11.2. The summed E-state index contributed by atoms with van der Waals surface area (Å²) in [5, 5.41) is 29.2. The Kier molecular flexibility index (Phi) is 2.81. The second-order valence-electron chi connectivity index (χ2n) is 5.13. The number of fused-ring (bicyclic) bond motifs is 3. The van der Waals surface area contributed by atoms with Crippen molar-refractivity contribution in [1.82, 2.24) is 23.9 Å². The van der Waals surface area contributed by atoms with E-state index < -0.39 is 36.7 Å². The van der Waals surface area contributed by atoms with E-state index in [0.29, 0.717) is 11.4 Å². The molecule has 0 aromatic carbocycles. The largest absolute Gasteiger partial charge is 0.394 e. The number of aromatic amines is 1. The van der Waals surface area contributed by atoms with Crippen LogP contribution in [0.5, 0.6) is 0 Å². The van der Waals surface area contributed by atoms with E-state index in [2.05, 4.69) is 15.0 Å². The molecule has 10 heteroatoms. The molecule has 1 aliphatic heterocycles. The second-order valence-corrected chi connectivity index (χ2v) is 5.13. The molecule has 1 saturated heterocycles. The van der Waals surface area contributed by atoms with Gasteiger partial charge in [-0.3, -0.25) is 18.7 Å². The molecular formula is C12H13N5O5. The molecule has 4 unspecified atom stereocenters. The molecule has 0 amide bonds. The fourth-order valence-electron chi connectivity index (χ4n) is 2.78. The van der Waals surface area contributed by atoms with Gasteiger partial charge in [0.1, 0.15) is 18.3 Å². The fourth-order valence-corrected chi connectivity index (χ4v) is 2.78. The highest BCUT2D eigenvalue weighted by Gasteiger charge is 2.44. The summed E-state index contributed by atoms with van der Waals surface area (Å²) in [4.78, 5) is 22.6. The Morgan fingerprint density at radius 1 is 1.32 bits per heavy atom. The van der Waals surface area contributed by atoms with E-state index >= 15 is 0 Å². The van der Waals surface area contributed by atoms with Crippen molar-refractivity contribution < 1.29 is 20.1 Å². The van der Waals surface area contributed by atoms with Crippen LogP contribution in [-0.2, 0) is 4.74 Å². The maximum absolute atomic E-state index is 12.0. The number of hydrogen-bond donors (Lipinski definition) is 4. The third-order valence-corrected chi connectivity index (χ3v) is 3.87. The standard InChI is InChI=1S/C12H13N5O5/c18-3-5-7(19)8(20)11(22-5)17-4-14-6-9(21)15-12-13-1-2-16(12)10(6)17/h1-2,4-5,7-8,11,18-20H,3H2,(H,13,15,21). The van der Waals surface area contributed by atoms with Crippen LogP contribution in [-0.4, -0.2) is 64.2 Å². The smallest absolute Gasteiger partial charge is 0.280 e. The van der Waals surface area contributed by atoms with E-state index in [1.165, 1.54) is 17.1 Å². The lowest BCUT2D eigenvalue weighted by molar-refractivity contribution is -0.0511. The van der Waals surface area contributed by atoms with E-state index in [1.54, 1.807) is 10.6 Å². The van der Waals surface area contributed by atoms with Gasteiger partial charge in [0, 0.05) is 12.4 Å². The Morgan fingerprint density at radius 2 is 2.14 bits per heavy atom. The third-order valence-electron chi connectivity index (χ3n) is 3.87. The van der Waals surface area contributed by atoms with Crippen LogP contribution in [0.4, 0.5) is 0 Å². The molecule has 3 aromatic rings. The van der Waals surface area contributed by atoms with E-state index in [4.69, 9.17) is 4.74 Å². The van der Waals surface area contributed by atoms with Crippen LogP contribution in [0.25, 0.3) is 16.9 Å². The molecule has 22 heavy (non-hydrogen) atoms. The van der Waals surface area contributed by atoms with Crippen LogP contribution < -0.4 is 5.56 Å². The Morgan fingerprint density at radius 3 is 2.86 bits per heavy atom. The molecular weight excluding hydrogens is 294 g/mol. The van der Waals surface area contributed by atoms with Crippen molar-refractivity contribution >= 4 is 16.9 Å². The summed E-state index contributed by atoms with van der Waals surface area (Å²) in [6, 6.07) is 0. The van der Waals surface area contributed by atoms with Crippen LogP contribution in [0, 0.1) is 0 Å². The summed E-state index contributed by atoms with van der Waals surface area (Å²) in [6.45, 7) is -0.428. The van der Waals surface area contributed by atoms with Crippen LogP contribution in [0.2, 0.25) is 0 Å². The minimum absolute atomic E-state index is 0.156. The summed E-state index contributed by atoms with van der Waals surface area (Å²) in [5.41, 5.74) is 0.119. The van der Waals surface area contributed by atoms with Crippen molar-refractivity contribution in [3.8, 4) is 0 Å². The van der Waals surface area contributed by atoms with Gasteiger partial charge in [0.2, 0.25) is 5.78 Å². The van der Waals surface area contributed by atoms with E-state index in [0.717, 1.165) is 0 Å². The number of nitrogens with zero attached hydrogens (tertiary/aromatic N) is 4. The molecule has 4 heterocycles. The first kappa shape index (κ1) is 13.4. The quantitative estimate of drug-likeness (QED) is 0.429. The average molecular weight is 307 g/mol. The molecule has 0 saturated carbocycles. The van der Waals surface area contributed by atoms with Crippen LogP contribution in [0.3, 0.4) is 0 Å². The van der Waals surface area contributed by atoms with Gasteiger partial charge < -0.3 is 20.1 Å². The van der Waals surface area contributed by atoms with Gasteiger partial charge in [-0.05, 0) is 0 Å². The van der Waals surface area contributed by atoms with Crippen molar-refractivity contribution in [2.24, 2.45) is 0 Å². The molecule has 0 spiro atoms. The number of aliphatic hydroxyl groups excluding tert-OH is 3. The van der Waals surface area contributed by atoms with Crippen LogP contribution >= 0.6 is 0 Å². The predicted octanol–water partition coefficient (Wildman–Crippen LogP) is -2.02. The number of hydrogen-bond acceptors (Lipinski definition) is 7. The number of aromatic nitrogens is 5. The summed E-state index contributed by atoms with van der Waals surface area (Å²) >= 11 is 0. The van der Waals surface area contributed by atoms with E-state index in [1.807, 2.05) is 0 Å². The normalized spacial score (nSPS) is 28.9. The van der Waals surface area contributed by atoms with Crippen molar-refractivity contribution in [3.63, 3.8) is 0 Å². The highest BCUT2D eigenvalue weighted by molar-refractivity contribution is 5.72. The van der Waals surface area contributed by atoms with Gasteiger partial charge >= 0.3 is 0 Å². The summed E-state index contributed by atoms with van der Waals surface area (Å²) < 4.78 is 8.52. The highest BCUT2D eigenvalue weighted by Crippen LogP contribution is 2.31. The monoisotopic (exact) mass is 307 g/mol. The predicted molar refractivity (Wildman–Crippen MR) is 72.1 cm³/mol. The van der Waals surface area contributed by atoms with Crippen LogP contribution in [0.15, 0.2) is 23.5 Å². The summed E-state index contributed by atoms with van der Waals surface area (Å²) in [5.74, 6) is 0.325. The number of nitrogens with one attached hydrogen (secondary N) is 1. The van der Waals surface area contributed by atoms with E-state index in [-0.39, 0.29) is 5.52 Å². The molecule has 0 bridgehead atoms. The molecule has 0 radical (unpaired) electrons. The molecule has 10 nitrogen and oxygen atoms in total. The van der Waals surface area contributed by atoms with Crippen molar-refractivity contribution in [3.05, 3.63) is 29.1 Å². The van der Waals surface area contributed by atoms with Gasteiger partial charge in [0.25, 0.3) is 5.56 Å². The van der Waals surface area contributed by atoms with Crippen molar-refractivity contribution in [1.29, 1.82) is 0 Å². The lowest BCUT2D eigenvalue weighted by atomic mass is 10.1. The highest BCUT2D eigenvalue weighted by atomic mass is 16.6. The molecule has 116 valence electrons. The summed E-state index contributed by atoms with van der Waals surface area (Å²) in [6.07, 6.45) is 0.133. The number of imidazole rings is 2. The first-order valence-corrected chi connectivity index (χ1v) is 6.66. The van der Waals surface area contributed by atoms with Gasteiger partial charge in [0.15, 0.2) is 17.4 Å². The van der Waals surface area contributed by atoms with E-state index in [9.17, 15) is 20.1 Å². The first-order valence-electron chi connectivity index (χ1n) is 6.66. The van der Waals surface area contributed by atoms with Gasteiger partial charge in [0.05, 0.1) is 12.9 Å². The Labute approximate surface area is 122 Å². The third kappa shape index (κ3) is 1.66. The first-order chi connectivity index (χ1) is 10.6. The Balaban J connectivity index is 1.95. The molecule has 4 atom stereocenters. The second kappa shape index (κ2) is 4.61. The van der Waals surface area contributed by atoms with Gasteiger partial charge in [-0.1, -0.05) is 0 Å². The molecule has 0 aliphatic carbocycles. The van der Waals surface area contributed by atoms with Crippen molar-refractivity contribution in [2.45, 2.75) is 24.5 Å². The molecule has 1 fully saturated rings. The number of rotatable bonds is 2. The number of H-pyrrole nitrogens is 1. The van der Waals surface area contributed by atoms with Gasteiger partial charge in [-0.15, -0.1) is 0 Å². The maximum atomic E-state index is 12.0. The van der Waals surface area contributed by atoms with Gasteiger partial charge in [-0.2, -0.15) is 0 Å². The SMILES string of the molecule is O=c1[nH]c2nccn2c2c1ncn2C1OC(CO)C(O)C1O. The average Bonchev–Trinajstić information content (AvgIpc) is 3.18. The minimum atomic E-state index is -1.26. The Hall–Kier alpha value is -2.27. The minimum Gasteiger partial charge on any atom is -0.394 e. The topological polar surface area (TPSA) is 138 Å². The van der Waals surface area contributed by atoms with Crippen LogP contribution in [0.1, 0.15) is 6.23 Å². The molecule has 4 rings (SSSR count). The number of aliphatic hydroxyl groups is 3. The lowest BCUT2D eigenvalue weighted by Crippen LogP contribution is -2.33. The maximum Gasteiger partial charge on any atom is 0.280 e. The molecule has 3 aromatic heterocycles. The lowest BCUT2D eigenvalue weighted by Gasteiger charge is -2.17. The Bertz CT molecular complexity index is 898. The number of ether oxygens (including phenoxy) is 1. The zero-order valence-electron chi connectivity index (χ0n) is 11.2. The zero-order chi connectivity index (χ0) is 15.4. The van der Waals surface area contributed by atoms with Crippen molar-refractivity contribution in [2.75, 3.05) is 6.61 Å². The fraction of sp³-hybridized carbons (Fsp3) is 0.417. The molecule has 1 aliphatic rings. The molecule has 4 N–H and O–H groups in total.